The van der Waals surface area contributed by atoms with E-state index in [9.17, 15) is 0 Å². The van der Waals surface area contributed by atoms with E-state index >= 15 is 0 Å². The predicted molar refractivity (Wildman–Crippen MR) is 373 cm³/mol. The van der Waals surface area contributed by atoms with Gasteiger partial charge in [0.25, 0.3) is 0 Å². The molecular formula is C84H58N6O2. The van der Waals surface area contributed by atoms with Crippen molar-refractivity contribution in [2.45, 2.75) is 38.5 Å². The highest BCUT2D eigenvalue weighted by atomic mass is 16.3. The van der Waals surface area contributed by atoms with Crippen molar-refractivity contribution in [3.05, 3.63) is 301 Å². The van der Waals surface area contributed by atoms with Crippen LogP contribution in [0.25, 0.3) is 157 Å². The SMILES string of the molecule is CC1(C)c2cc(-c3ccc(-c4nc(-c5ccccc5)nc(-c5ccccc5)n4)cc3)ccc2-c2c1ccc1c2oc2ccccc21.CC1(C)c2ccc(-c3cccc(-c4nc(-c5ccccc5)nc(-c5ccccc5)n4)c3)cc2-c2c1ccc1c2oc2ccccc21. The summed E-state index contributed by atoms with van der Waals surface area (Å²) in [6.07, 6.45) is 0. The van der Waals surface area contributed by atoms with Crippen LogP contribution >= 0.6 is 0 Å². The van der Waals surface area contributed by atoms with Gasteiger partial charge in [0, 0.05) is 76.9 Å². The third kappa shape index (κ3) is 9.13. The molecule has 0 fully saturated rings. The molecule has 0 N–H and O–H groups in total. The van der Waals surface area contributed by atoms with E-state index in [0.29, 0.717) is 34.9 Å². The topological polar surface area (TPSA) is 104 Å². The van der Waals surface area contributed by atoms with Gasteiger partial charge in [0.2, 0.25) is 0 Å². The third-order valence-corrected chi connectivity index (χ3v) is 18.7. The number of rotatable bonds is 8. The largest absolute Gasteiger partial charge is 0.455 e. The van der Waals surface area contributed by atoms with Crippen LogP contribution in [0.3, 0.4) is 0 Å². The first kappa shape index (κ1) is 54.4. The molecule has 18 rings (SSSR count). The number of hydrogen-bond acceptors (Lipinski definition) is 8. The van der Waals surface area contributed by atoms with Crippen LogP contribution < -0.4 is 0 Å². The molecule has 92 heavy (non-hydrogen) atoms. The highest BCUT2D eigenvalue weighted by molar-refractivity contribution is 6.13. The highest BCUT2D eigenvalue weighted by Gasteiger charge is 2.39. The Balaban J connectivity index is 0.000000141. The van der Waals surface area contributed by atoms with Crippen molar-refractivity contribution in [2.24, 2.45) is 0 Å². The standard InChI is InChI=1S/2C42H29N3O/c1-42(2)34-22-20-29(25-33(34)37-35(42)23-21-32-31-18-9-10-19-36(31)46-38(32)37)28-16-11-17-30(24-28)41-44-39(26-12-5-3-6-13-26)43-40(45-41)27-14-7-4-8-15-27;1-42(2)34-24-23-32-31-15-9-10-16-36(31)46-38(32)37(34)33-22-21-30(25-35(33)42)26-17-19-29(20-18-26)41-44-39(27-11-5-3-6-12-27)43-40(45-41)28-13-7-4-8-14-28/h2*3-25H,1-2H3. The molecule has 0 unspecified atom stereocenters. The molecule has 4 heterocycles. The van der Waals surface area contributed by atoms with Gasteiger partial charge < -0.3 is 8.83 Å². The van der Waals surface area contributed by atoms with E-state index in [1.807, 2.05) is 133 Å². The molecule has 0 saturated carbocycles. The molecule has 12 aromatic carbocycles. The Labute approximate surface area is 532 Å². The van der Waals surface area contributed by atoms with Crippen LogP contribution in [0.4, 0.5) is 0 Å². The minimum Gasteiger partial charge on any atom is -0.455 e. The normalized spacial score (nSPS) is 13.2. The van der Waals surface area contributed by atoms with Gasteiger partial charge in [-0.15, -0.1) is 0 Å². The first-order valence-electron chi connectivity index (χ1n) is 31.2. The van der Waals surface area contributed by atoms with Crippen molar-refractivity contribution < 1.29 is 8.83 Å². The number of aromatic nitrogens is 6. The van der Waals surface area contributed by atoms with Gasteiger partial charge in [0.15, 0.2) is 34.9 Å². The first-order chi connectivity index (χ1) is 45.1. The number of para-hydroxylation sites is 2. The van der Waals surface area contributed by atoms with Crippen molar-refractivity contribution in [1.82, 2.24) is 29.9 Å². The van der Waals surface area contributed by atoms with Crippen molar-refractivity contribution in [1.29, 1.82) is 0 Å². The second-order valence-electron chi connectivity index (χ2n) is 24.9. The fraction of sp³-hybridized carbons (Fsp3) is 0.0714. The fourth-order valence-electron chi connectivity index (χ4n) is 13.9. The molecule has 4 aromatic heterocycles. The van der Waals surface area contributed by atoms with E-state index in [1.54, 1.807) is 0 Å². The van der Waals surface area contributed by atoms with Crippen molar-refractivity contribution >= 4 is 43.9 Å². The molecule has 8 heteroatoms. The zero-order valence-electron chi connectivity index (χ0n) is 51.1. The molecular weight excluding hydrogens is 1120 g/mol. The molecule has 16 aromatic rings. The molecule has 2 aliphatic rings. The summed E-state index contributed by atoms with van der Waals surface area (Å²) >= 11 is 0. The maximum Gasteiger partial charge on any atom is 0.164 e. The van der Waals surface area contributed by atoms with Crippen LogP contribution in [0, 0.1) is 0 Å². The summed E-state index contributed by atoms with van der Waals surface area (Å²) in [5, 5.41) is 4.64. The van der Waals surface area contributed by atoms with Gasteiger partial charge in [-0.2, -0.15) is 0 Å². The van der Waals surface area contributed by atoms with Crippen LogP contribution in [-0.2, 0) is 10.8 Å². The number of fused-ring (bicyclic) bond motifs is 14. The van der Waals surface area contributed by atoms with Gasteiger partial charge in [-0.1, -0.05) is 276 Å². The van der Waals surface area contributed by atoms with Gasteiger partial charge in [0.1, 0.15) is 22.3 Å². The quantitative estimate of drug-likeness (QED) is 0.148. The van der Waals surface area contributed by atoms with Gasteiger partial charge in [-0.25, -0.2) is 29.9 Å². The lowest BCUT2D eigenvalue weighted by Crippen LogP contribution is -2.14. The Kier molecular flexibility index (Phi) is 12.7. The van der Waals surface area contributed by atoms with Gasteiger partial charge in [-0.3, -0.25) is 0 Å². The molecule has 436 valence electrons. The minimum atomic E-state index is -0.152. The van der Waals surface area contributed by atoms with Crippen molar-refractivity contribution in [2.75, 3.05) is 0 Å². The maximum absolute atomic E-state index is 6.54. The lowest BCUT2D eigenvalue weighted by molar-refractivity contribution is 0.653. The van der Waals surface area contributed by atoms with Crippen LogP contribution in [-0.4, -0.2) is 29.9 Å². The van der Waals surface area contributed by atoms with Crippen LogP contribution in [0.2, 0.25) is 0 Å². The summed E-state index contributed by atoms with van der Waals surface area (Å²) in [5.41, 5.74) is 23.9. The summed E-state index contributed by atoms with van der Waals surface area (Å²) in [6.45, 7) is 9.24. The molecule has 0 bridgehead atoms. The number of furan rings is 2. The van der Waals surface area contributed by atoms with E-state index in [2.05, 4.69) is 173 Å². The van der Waals surface area contributed by atoms with Gasteiger partial charge >= 0.3 is 0 Å². The molecule has 0 amide bonds. The maximum atomic E-state index is 6.54. The fourth-order valence-corrected chi connectivity index (χ4v) is 13.9. The Bertz CT molecular complexity index is 5450. The predicted octanol–water partition coefficient (Wildman–Crippen LogP) is 21.5. The van der Waals surface area contributed by atoms with E-state index in [0.717, 1.165) is 88.6 Å². The molecule has 8 nitrogen and oxygen atoms in total. The van der Waals surface area contributed by atoms with Gasteiger partial charge in [0.05, 0.1) is 0 Å². The summed E-state index contributed by atoms with van der Waals surface area (Å²) in [6, 6.07) is 96.7. The van der Waals surface area contributed by atoms with Gasteiger partial charge in [-0.05, 0) is 86.0 Å². The third-order valence-electron chi connectivity index (χ3n) is 18.7. The van der Waals surface area contributed by atoms with Crippen LogP contribution in [0.5, 0.6) is 0 Å². The summed E-state index contributed by atoms with van der Waals surface area (Å²) < 4.78 is 13.0. The summed E-state index contributed by atoms with van der Waals surface area (Å²) in [5.74, 6) is 3.92. The Hall–Kier alpha value is -11.7. The van der Waals surface area contributed by atoms with Crippen LogP contribution in [0.15, 0.2) is 288 Å². The average molecular weight is 1180 g/mol. The highest BCUT2D eigenvalue weighted by Crippen LogP contribution is 2.55. The average Bonchev–Trinajstić information content (AvgIpc) is 1.57. The molecule has 0 saturated heterocycles. The minimum absolute atomic E-state index is 0.134. The lowest BCUT2D eigenvalue weighted by atomic mass is 9.81. The van der Waals surface area contributed by atoms with Crippen LogP contribution in [0.1, 0.15) is 49.9 Å². The number of benzene rings is 12. The zero-order chi connectivity index (χ0) is 61.7. The summed E-state index contributed by atoms with van der Waals surface area (Å²) in [4.78, 5) is 29.4. The zero-order valence-corrected chi connectivity index (χ0v) is 51.1. The second kappa shape index (κ2) is 21.5. The number of nitrogens with zero attached hydrogens (tertiary/aromatic N) is 6. The first-order valence-corrected chi connectivity index (χ1v) is 31.2. The van der Waals surface area contributed by atoms with E-state index < -0.39 is 0 Å². The lowest BCUT2D eigenvalue weighted by Gasteiger charge is -2.22. The molecule has 0 aliphatic heterocycles. The monoisotopic (exact) mass is 1180 g/mol. The van der Waals surface area contributed by atoms with Crippen molar-refractivity contribution in [3.8, 4) is 113 Å². The van der Waals surface area contributed by atoms with E-state index in [1.165, 1.54) is 55.5 Å². The number of hydrogen-bond donors (Lipinski definition) is 0. The van der Waals surface area contributed by atoms with E-state index in [4.69, 9.17) is 38.7 Å². The van der Waals surface area contributed by atoms with E-state index in [-0.39, 0.29) is 10.8 Å². The Morgan fingerprint density at radius 2 is 0.565 bits per heavy atom. The molecule has 2 aliphatic carbocycles. The Morgan fingerprint density at radius 3 is 1.05 bits per heavy atom. The smallest absolute Gasteiger partial charge is 0.164 e. The molecule has 0 spiro atoms. The second-order valence-corrected chi connectivity index (χ2v) is 24.9. The summed E-state index contributed by atoms with van der Waals surface area (Å²) in [7, 11) is 0. The Morgan fingerprint density at radius 1 is 0.228 bits per heavy atom. The molecule has 0 atom stereocenters. The van der Waals surface area contributed by atoms with Crippen molar-refractivity contribution in [3.63, 3.8) is 0 Å². The molecule has 0 radical (unpaired) electrons.